The van der Waals surface area contributed by atoms with Gasteiger partial charge in [-0.25, -0.2) is 0 Å². The minimum atomic E-state index is 0.463. The van der Waals surface area contributed by atoms with E-state index < -0.39 is 0 Å². The van der Waals surface area contributed by atoms with Crippen molar-refractivity contribution in [3.63, 3.8) is 0 Å². The van der Waals surface area contributed by atoms with Crippen molar-refractivity contribution < 1.29 is 9.47 Å². The third-order valence-electron chi connectivity index (χ3n) is 4.97. The predicted octanol–water partition coefficient (Wildman–Crippen LogP) is 3.78. The Hall–Kier alpha value is -1.22. The van der Waals surface area contributed by atoms with Crippen LogP contribution in [0.15, 0.2) is 24.3 Å². The van der Waals surface area contributed by atoms with Crippen molar-refractivity contribution in [3.8, 4) is 11.5 Å². The number of benzene rings is 1. The summed E-state index contributed by atoms with van der Waals surface area (Å²) < 4.78 is 11.3. The zero-order chi connectivity index (χ0) is 14.5. The Morgan fingerprint density at radius 1 is 1.14 bits per heavy atom. The van der Waals surface area contributed by atoms with Crippen LogP contribution in [0.5, 0.6) is 11.5 Å². The number of nitrogens with one attached hydrogen (secondary N) is 1. The molecule has 1 N–H and O–H groups in total. The standard InChI is InChI=1S/C18H27NO2/c1-20-16-6-2-3-7-17(16)21-13-12-18(10-4-5-11-18)14-19-15-8-9-15/h2-3,6-7,15,19H,4-5,8-14H2,1H3. The summed E-state index contributed by atoms with van der Waals surface area (Å²) in [4.78, 5) is 0. The Morgan fingerprint density at radius 2 is 1.86 bits per heavy atom. The van der Waals surface area contributed by atoms with Gasteiger partial charge in [-0.2, -0.15) is 0 Å². The zero-order valence-electron chi connectivity index (χ0n) is 13.1. The number of hydrogen-bond acceptors (Lipinski definition) is 3. The van der Waals surface area contributed by atoms with Crippen molar-refractivity contribution in [2.45, 2.75) is 51.0 Å². The van der Waals surface area contributed by atoms with Gasteiger partial charge in [0, 0.05) is 12.6 Å². The Morgan fingerprint density at radius 3 is 2.52 bits per heavy atom. The van der Waals surface area contributed by atoms with E-state index in [4.69, 9.17) is 9.47 Å². The van der Waals surface area contributed by atoms with E-state index in [0.29, 0.717) is 5.41 Å². The Balaban J connectivity index is 1.51. The quantitative estimate of drug-likeness (QED) is 0.790. The van der Waals surface area contributed by atoms with Gasteiger partial charge in [-0.3, -0.25) is 0 Å². The first-order valence-corrected chi connectivity index (χ1v) is 8.31. The van der Waals surface area contributed by atoms with Crippen LogP contribution in [0.4, 0.5) is 0 Å². The number of para-hydroxylation sites is 2. The van der Waals surface area contributed by atoms with Crippen LogP contribution in [-0.4, -0.2) is 26.3 Å². The normalized spacial score (nSPS) is 20.4. The molecule has 2 aliphatic carbocycles. The minimum absolute atomic E-state index is 0.463. The molecule has 0 saturated heterocycles. The van der Waals surface area contributed by atoms with Crippen LogP contribution in [-0.2, 0) is 0 Å². The van der Waals surface area contributed by atoms with E-state index in [1.165, 1.54) is 45.1 Å². The van der Waals surface area contributed by atoms with E-state index in [0.717, 1.165) is 30.6 Å². The molecule has 1 aromatic rings. The summed E-state index contributed by atoms with van der Waals surface area (Å²) >= 11 is 0. The fourth-order valence-corrected chi connectivity index (χ4v) is 3.40. The molecule has 0 unspecified atom stereocenters. The van der Waals surface area contributed by atoms with Crippen LogP contribution in [0, 0.1) is 5.41 Å². The van der Waals surface area contributed by atoms with Gasteiger partial charge in [-0.15, -0.1) is 0 Å². The molecule has 3 heteroatoms. The Bertz CT molecular complexity index is 450. The Kier molecular flexibility index (Phi) is 4.69. The van der Waals surface area contributed by atoms with E-state index in [1.807, 2.05) is 24.3 Å². The van der Waals surface area contributed by atoms with Gasteiger partial charge in [0.1, 0.15) is 0 Å². The third-order valence-corrected chi connectivity index (χ3v) is 4.97. The molecule has 21 heavy (non-hydrogen) atoms. The van der Waals surface area contributed by atoms with Crippen molar-refractivity contribution in [2.24, 2.45) is 5.41 Å². The van der Waals surface area contributed by atoms with Gasteiger partial charge in [-0.1, -0.05) is 25.0 Å². The van der Waals surface area contributed by atoms with Gasteiger partial charge < -0.3 is 14.8 Å². The van der Waals surface area contributed by atoms with Gasteiger partial charge in [0.05, 0.1) is 13.7 Å². The molecule has 0 spiro atoms. The second kappa shape index (κ2) is 6.69. The molecule has 0 atom stereocenters. The van der Waals surface area contributed by atoms with Crippen molar-refractivity contribution in [1.29, 1.82) is 0 Å². The molecule has 116 valence electrons. The van der Waals surface area contributed by atoms with Crippen LogP contribution < -0.4 is 14.8 Å². The van der Waals surface area contributed by atoms with E-state index in [-0.39, 0.29) is 0 Å². The number of methoxy groups -OCH3 is 1. The molecule has 1 aromatic carbocycles. The highest BCUT2D eigenvalue weighted by molar-refractivity contribution is 5.39. The molecular weight excluding hydrogens is 262 g/mol. The molecule has 2 fully saturated rings. The largest absolute Gasteiger partial charge is 0.493 e. The molecule has 0 aromatic heterocycles. The number of rotatable bonds is 8. The van der Waals surface area contributed by atoms with E-state index in [2.05, 4.69) is 5.32 Å². The average molecular weight is 289 g/mol. The fourth-order valence-electron chi connectivity index (χ4n) is 3.40. The molecule has 3 nitrogen and oxygen atoms in total. The van der Waals surface area contributed by atoms with E-state index >= 15 is 0 Å². The first kappa shape index (κ1) is 14.7. The molecule has 2 aliphatic rings. The van der Waals surface area contributed by atoms with Gasteiger partial charge in [0.25, 0.3) is 0 Å². The lowest BCUT2D eigenvalue weighted by Gasteiger charge is -2.29. The highest BCUT2D eigenvalue weighted by Crippen LogP contribution is 2.41. The maximum absolute atomic E-state index is 5.98. The van der Waals surface area contributed by atoms with Crippen molar-refractivity contribution in [2.75, 3.05) is 20.3 Å². The minimum Gasteiger partial charge on any atom is -0.493 e. The highest BCUT2D eigenvalue weighted by Gasteiger charge is 2.35. The molecule has 0 heterocycles. The molecule has 2 saturated carbocycles. The summed E-state index contributed by atoms with van der Waals surface area (Å²) in [5, 5.41) is 3.73. The summed E-state index contributed by atoms with van der Waals surface area (Å²) in [6, 6.07) is 8.72. The molecule has 3 rings (SSSR count). The summed E-state index contributed by atoms with van der Waals surface area (Å²) in [6.07, 6.45) is 9.33. The van der Waals surface area contributed by atoms with Gasteiger partial charge >= 0.3 is 0 Å². The van der Waals surface area contributed by atoms with Gasteiger partial charge in [-0.05, 0) is 49.7 Å². The van der Waals surface area contributed by atoms with Crippen LogP contribution >= 0.6 is 0 Å². The average Bonchev–Trinajstić information content (AvgIpc) is 3.24. The van der Waals surface area contributed by atoms with Crippen LogP contribution in [0.25, 0.3) is 0 Å². The van der Waals surface area contributed by atoms with Gasteiger partial charge in [0.15, 0.2) is 11.5 Å². The smallest absolute Gasteiger partial charge is 0.161 e. The SMILES string of the molecule is COc1ccccc1OCCC1(CNC2CC2)CCCC1. The highest BCUT2D eigenvalue weighted by atomic mass is 16.5. The molecule has 0 amide bonds. The topological polar surface area (TPSA) is 30.5 Å². The first-order chi connectivity index (χ1) is 10.3. The summed E-state index contributed by atoms with van der Waals surface area (Å²) in [6.45, 7) is 1.96. The zero-order valence-corrected chi connectivity index (χ0v) is 13.1. The van der Waals surface area contributed by atoms with Gasteiger partial charge in [0.2, 0.25) is 0 Å². The van der Waals surface area contributed by atoms with Crippen molar-refractivity contribution in [1.82, 2.24) is 5.32 Å². The Labute approximate surface area is 128 Å². The maximum Gasteiger partial charge on any atom is 0.161 e. The summed E-state index contributed by atoms with van der Waals surface area (Å²) in [5.41, 5.74) is 0.463. The number of hydrogen-bond donors (Lipinski definition) is 1. The number of ether oxygens (including phenoxy) is 2. The summed E-state index contributed by atoms with van der Waals surface area (Å²) in [5.74, 6) is 1.69. The monoisotopic (exact) mass is 289 g/mol. The van der Waals surface area contributed by atoms with E-state index in [1.54, 1.807) is 7.11 Å². The molecular formula is C18H27NO2. The fraction of sp³-hybridized carbons (Fsp3) is 0.667. The molecule has 0 radical (unpaired) electrons. The van der Waals surface area contributed by atoms with Crippen LogP contribution in [0.2, 0.25) is 0 Å². The van der Waals surface area contributed by atoms with Crippen molar-refractivity contribution >= 4 is 0 Å². The third kappa shape index (κ3) is 3.91. The van der Waals surface area contributed by atoms with Crippen LogP contribution in [0.3, 0.4) is 0 Å². The summed E-state index contributed by atoms with van der Waals surface area (Å²) in [7, 11) is 1.69. The first-order valence-electron chi connectivity index (χ1n) is 8.31. The second-order valence-electron chi connectivity index (χ2n) is 6.61. The molecule has 0 bridgehead atoms. The lowest BCUT2D eigenvalue weighted by Crippen LogP contribution is -2.34. The lowest BCUT2D eigenvalue weighted by molar-refractivity contribution is 0.188. The molecule has 0 aliphatic heterocycles. The second-order valence-corrected chi connectivity index (χ2v) is 6.61. The predicted molar refractivity (Wildman–Crippen MR) is 85.0 cm³/mol. The van der Waals surface area contributed by atoms with Crippen LogP contribution in [0.1, 0.15) is 44.9 Å². The van der Waals surface area contributed by atoms with Crippen molar-refractivity contribution in [3.05, 3.63) is 24.3 Å². The van der Waals surface area contributed by atoms with E-state index in [9.17, 15) is 0 Å². The maximum atomic E-state index is 5.98. The lowest BCUT2D eigenvalue weighted by atomic mass is 9.83.